The Bertz CT molecular complexity index is 483. The van der Waals surface area contributed by atoms with E-state index in [1.165, 1.54) is 44.1 Å². The first kappa shape index (κ1) is 15.9. The number of allylic oxidation sites excluding steroid dienone is 1. The Morgan fingerprint density at radius 2 is 1.81 bits per heavy atom. The van der Waals surface area contributed by atoms with Crippen molar-refractivity contribution in [1.82, 2.24) is 0 Å². The summed E-state index contributed by atoms with van der Waals surface area (Å²) in [6.07, 6.45) is 8.05. The molecule has 0 radical (unpaired) electrons. The molecule has 0 saturated heterocycles. The molecule has 1 aliphatic rings. The highest BCUT2D eigenvalue weighted by atomic mass is 16.5. The van der Waals surface area contributed by atoms with Crippen molar-refractivity contribution in [2.75, 3.05) is 13.7 Å². The second-order valence-electron chi connectivity index (χ2n) is 6.27. The van der Waals surface area contributed by atoms with E-state index in [1.54, 1.807) is 7.11 Å². The molecule has 0 N–H and O–H groups in total. The lowest BCUT2D eigenvalue weighted by atomic mass is 10.0. The van der Waals surface area contributed by atoms with Gasteiger partial charge >= 0.3 is 0 Å². The lowest BCUT2D eigenvalue weighted by Gasteiger charge is -2.18. The van der Waals surface area contributed by atoms with E-state index in [0.29, 0.717) is 5.92 Å². The third kappa shape index (κ3) is 4.26. The monoisotopic (exact) mass is 288 g/mol. The molecule has 0 unspecified atom stereocenters. The van der Waals surface area contributed by atoms with Crippen LogP contribution in [0, 0.1) is 12.8 Å². The SMILES string of the molecule is C=C(C)c1cc(OC)c(OCC2CCCCCC2)cc1C. The molecule has 0 aliphatic heterocycles. The number of aryl methyl sites for hydroxylation is 1. The lowest BCUT2D eigenvalue weighted by molar-refractivity contribution is 0.224. The van der Waals surface area contributed by atoms with Gasteiger partial charge in [-0.05, 0) is 55.9 Å². The van der Waals surface area contributed by atoms with Gasteiger partial charge in [-0.2, -0.15) is 0 Å². The quantitative estimate of drug-likeness (QED) is 0.677. The summed E-state index contributed by atoms with van der Waals surface area (Å²) < 4.78 is 11.6. The van der Waals surface area contributed by atoms with Crippen LogP contribution < -0.4 is 9.47 Å². The first-order valence-electron chi connectivity index (χ1n) is 8.09. The summed E-state index contributed by atoms with van der Waals surface area (Å²) in [6.45, 7) is 8.95. The van der Waals surface area contributed by atoms with Gasteiger partial charge in [0, 0.05) is 0 Å². The maximum absolute atomic E-state index is 6.08. The van der Waals surface area contributed by atoms with Crippen LogP contribution in [0.5, 0.6) is 11.5 Å². The minimum atomic E-state index is 0.693. The first-order chi connectivity index (χ1) is 10.1. The minimum absolute atomic E-state index is 0.693. The van der Waals surface area contributed by atoms with Crippen molar-refractivity contribution < 1.29 is 9.47 Å². The largest absolute Gasteiger partial charge is 0.493 e. The third-order valence-electron chi connectivity index (χ3n) is 4.42. The number of hydrogen-bond acceptors (Lipinski definition) is 2. The molecule has 116 valence electrons. The van der Waals surface area contributed by atoms with E-state index in [0.717, 1.165) is 29.2 Å². The molecule has 0 heterocycles. The number of methoxy groups -OCH3 is 1. The van der Waals surface area contributed by atoms with Crippen LogP contribution in [0.25, 0.3) is 5.57 Å². The fourth-order valence-corrected chi connectivity index (χ4v) is 3.13. The Morgan fingerprint density at radius 1 is 1.14 bits per heavy atom. The maximum atomic E-state index is 6.08. The zero-order chi connectivity index (χ0) is 15.2. The summed E-state index contributed by atoms with van der Waals surface area (Å²) in [5.41, 5.74) is 3.40. The predicted octanol–water partition coefficient (Wildman–Crippen LogP) is 5.39. The average molecular weight is 288 g/mol. The molecule has 0 aromatic heterocycles. The van der Waals surface area contributed by atoms with Gasteiger partial charge in [-0.1, -0.05) is 37.8 Å². The fourth-order valence-electron chi connectivity index (χ4n) is 3.13. The molecule has 1 saturated carbocycles. The second kappa shape index (κ2) is 7.53. The van der Waals surface area contributed by atoms with Crippen molar-refractivity contribution in [3.8, 4) is 11.5 Å². The zero-order valence-electron chi connectivity index (χ0n) is 13.7. The van der Waals surface area contributed by atoms with Crippen LogP contribution in [-0.2, 0) is 0 Å². The van der Waals surface area contributed by atoms with E-state index in [1.807, 2.05) is 13.0 Å². The topological polar surface area (TPSA) is 18.5 Å². The standard InChI is InChI=1S/C19H28O2/c1-14(2)17-12-18(20-4)19(11-15(17)3)21-13-16-9-7-5-6-8-10-16/h11-12,16H,1,5-10,13H2,2-4H3. The van der Waals surface area contributed by atoms with Crippen molar-refractivity contribution in [3.05, 3.63) is 29.8 Å². The average Bonchev–Trinajstić information content (AvgIpc) is 2.73. The molecule has 0 atom stereocenters. The van der Waals surface area contributed by atoms with E-state index in [9.17, 15) is 0 Å². The number of hydrogen-bond donors (Lipinski definition) is 0. The number of benzene rings is 1. The summed E-state index contributed by atoms with van der Waals surface area (Å²) in [5.74, 6) is 2.37. The van der Waals surface area contributed by atoms with Crippen LogP contribution in [0.1, 0.15) is 56.6 Å². The normalized spacial score (nSPS) is 16.3. The molecule has 21 heavy (non-hydrogen) atoms. The van der Waals surface area contributed by atoms with Crippen molar-refractivity contribution >= 4 is 5.57 Å². The molecule has 1 aromatic rings. The van der Waals surface area contributed by atoms with E-state index in [4.69, 9.17) is 9.47 Å². The highest BCUT2D eigenvalue weighted by Crippen LogP contribution is 2.34. The van der Waals surface area contributed by atoms with Gasteiger partial charge in [-0.25, -0.2) is 0 Å². The van der Waals surface area contributed by atoms with Crippen LogP contribution in [0.4, 0.5) is 0 Å². The molecule has 1 aliphatic carbocycles. The van der Waals surface area contributed by atoms with Crippen LogP contribution in [-0.4, -0.2) is 13.7 Å². The first-order valence-corrected chi connectivity index (χ1v) is 8.09. The van der Waals surface area contributed by atoms with Crippen LogP contribution >= 0.6 is 0 Å². The number of ether oxygens (including phenoxy) is 2. The maximum Gasteiger partial charge on any atom is 0.161 e. The molecule has 1 aromatic carbocycles. The third-order valence-corrected chi connectivity index (χ3v) is 4.42. The van der Waals surface area contributed by atoms with Gasteiger partial charge in [-0.15, -0.1) is 0 Å². The molecule has 2 rings (SSSR count). The summed E-state index contributed by atoms with van der Waals surface area (Å²) in [5, 5.41) is 0. The summed E-state index contributed by atoms with van der Waals surface area (Å²) in [4.78, 5) is 0. The van der Waals surface area contributed by atoms with Crippen molar-refractivity contribution in [1.29, 1.82) is 0 Å². The van der Waals surface area contributed by atoms with Crippen LogP contribution in [0.2, 0.25) is 0 Å². The van der Waals surface area contributed by atoms with E-state index >= 15 is 0 Å². The van der Waals surface area contributed by atoms with E-state index in [-0.39, 0.29) is 0 Å². The molecule has 0 amide bonds. The number of rotatable bonds is 5. The van der Waals surface area contributed by atoms with E-state index < -0.39 is 0 Å². The molecular weight excluding hydrogens is 260 g/mol. The van der Waals surface area contributed by atoms with Gasteiger partial charge in [0.05, 0.1) is 13.7 Å². The molecule has 2 heteroatoms. The van der Waals surface area contributed by atoms with Gasteiger partial charge in [0.15, 0.2) is 11.5 Å². The van der Waals surface area contributed by atoms with Gasteiger partial charge in [0.25, 0.3) is 0 Å². The van der Waals surface area contributed by atoms with Crippen molar-refractivity contribution in [3.63, 3.8) is 0 Å². The lowest BCUT2D eigenvalue weighted by Crippen LogP contribution is -2.12. The Balaban J connectivity index is 2.08. The molecule has 0 spiro atoms. The summed E-state index contributed by atoms with van der Waals surface area (Å²) >= 11 is 0. The van der Waals surface area contributed by atoms with Gasteiger partial charge in [0.1, 0.15) is 0 Å². The predicted molar refractivity (Wildman–Crippen MR) is 89.1 cm³/mol. The van der Waals surface area contributed by atoms with Crippen molar-refractivity contribution in [2.24, 2.45) is 5.92 Å². The molecule has 1 fully saturated rings. The Labute approximate surface area is 129 Å². The van der Waals surface area contributed by atoms with Crippen LogP contribution in [0.15, 0.2) is 18.7 Å². The Hall–Kier alpha value is -1.44. The molecule has 2 nitrogen and oxygen atoms in total. The van der Waals surface area contributed by atoms with E-state index in [2.05, 4.69) is 19.6 Å². The molecule has 0 bridgehead atoms. The minimum Gasteiger partial charge on any atom is -0.493 e. The Kier molecular flexibility index (Phi) is 5.72. The van der Waals surface area contributed by atoms with Crippen LogP contribution in [0.3, 0.4) is 0 Å². The van der Waals surface area contributed by atoms with Gasteiger partial charge in [0.2, 0.25) is 0 Å². The summed E-state index contributed by atoms with van der Waals surface area (Å²) in [6, 6.07) is 4.12. The Morgan fingerprint density at radius 3 is 2.38 bits per heavy atom. The highest BCUT2D eigenvalue weighted by molar-refractivity contribution is 5.67. The van der Waals surface area contributed by atoms with Gasteiger partial charge in [-0.3, -0.25) is 0 Å². The zero-order valence-corrected chi connectivity index (χ0v) is 13.7. The molecular formula is C19H28O2. The smallest absolute Gasteiger partial charge is 0.161 e. The second-order valence-corrected chi connectivity index (χ2v) is 6.27. The van der Waals surface area contributed by atoms with Crippen molar-refractivity contribution in [2.45, 2.75) is 52.4 Å². The summed E-state index contributed by atoms with van der Waals surface area (Å²) in [7, 11) is 1.70. The fraction of sp³-hybridized carbons (Fsp3) is 0.579. The highest BCUT2D eigenvalue weighted by Gasteiger charge is 2.15. The van der Waals surface area contributed by atoms with Gasteiger partial charge < -0.3 is 9.47 Å².